The molecule has 0 aliphatic heterocycles. The van der Waals surface area contributed by atoms with Gasteiger partial charge in [-0.3, -0.25) is 0 Å². The largest absolute Gasteiger partial charge is 0.478 e. The van der Waals surface area contributed by atoms with Gasteiger partial charge in [-0.15, -0.1) is 0 Å². The lowest BCUT2D eigenvalue weighted by molar-refractivity contribution is 0.0645. The van der Waals surface area contributed by atoms with Crippen LogP contribution in [0.4, 0.5) is 0 Å². The molecule has 0 aromatic heterocycles. The van der Waals surface area contributed by atoms with Crippen molar-refractivity contribution in [1.29, 1.82) is 0 Å². The van der Waals surface area contributed by atoms with E-state index >= 15 is 0 Å². The van der Waals surface area contributed by atoms with Gasteiger partial charge in [0, 0.05) is 0 Å². The van der Waals surface area contributed by atoms with Crippen LogP contribution >= 0.6 is 0 Å². The maximum Gasteiger partial charge on any atom is 0.336 e. The highest BCUT2D eigenvalue weighted by Crippen LogP contribution is 2.37. The molecular weight excluding hydrogens is 492 g/mol. The standard InChI is InChI=1S/C33H54O6/c1-7-13-16-22(10-4)19-25-26(20-23(11-5)17-14-8-2)29(32(36)37)30(33(38)39)27(28(25)31(34)35)21-24(12-6)18-15-9-3/h22-24H,7-21H2,1-6H3,(H,34,35)(H,36,37)(H,38,39). The van der Waals surface area contributed by atoms with E-state index < -0.39 is 17.9 Å². The summed E-state index contributed by atoms with van der Waals surface area (Å²) in [6.45, 7) is 12.5. The number of unbranched alkanes of at least 4 members (excludes halogenated alkanes) is 3. The maximum absolute atomic E-state index is 13.0. The highest BCUT2D eigenvalue weighted by molar-refractivity contribution is 6.07. The lowest BCUT2D eigenvalue weighted by Crippen LogP contribution is -2.25. The van der Waals surface area contributed by atoms with E-state index in [2.05, 4.69) is 34.6 Å². The Labute approximate surface area is 236 Å². The van der Waals surface area contributed by atoms with Gasteiger partial charge in [-0.2, -0.15) is 0 Å². The zero-order valence-electron chi connectivity index (χ0n) is 25.4. The SMILES string of the molecule is CCCCC(CC)Cc1c(CC(CC)CCCC)c(C(=O)O)c(C(=O)O)c(CC(CC)CCCC)c1C(=O)O. The van der Waals surface area contributed by atoms with E-state index in [1.54, 1.807) is 0 Å². The van der Waals surface area contributed by atoms with Crippen molar-refractivity contribution >= 4 is 17.9 Å². The molecule has 0 fully saturated rings. The van der Waals surface area contributed by atoms with Gasteiger partial charge in [-0.05, 0) is 53.7 Å². The molecule has 0 radical (unpaired) electrons. The molecular formula is C33H54O6. The minimum atomic E-state index is -1.34. The molecule has 6 nitrogen and oxygen atoms in total. The van der Waals surface area contributed by atoms with Crippen molar-refractivity contribution in [2.75, 3.05) is 0 Å². The van der Waals surface area contributed by atoms with Crippen molar-refractivity contribution in [2.45, 2.75) is 138 Å². The lowest BCUT2D eigenvalue weighted by Gasteiger charge is -2.28. The Morgan fingerprint density at radius 2 is 0.769 bits per heavy atom. The monoisotopic (exact) mass is 546 g/mol. The van der Waals surface area contributed by atoms with Crippen molar-refractivity contribution in [3.05, 3.63) is 33.4 Å². The Bertz CT molecular complexity index is 935. The predicted octanol–water partition coefficient (Wildman–Crippen LogP) is 9.06. The van der Waals surface area contributed by atoms with Crippen LogP contribution in [0.2, 0.25) is 0 Å². The van der Waals surface area contributed by atoms with Gasteiger partial charge < -0.3 is 15.3 Å². The van der Waals surface area contributed by atoms with Crippen LogP contribution in [0.5, 0.6) is 0 Å². The summed E-state index contributed by atoms with van der Waals surface area (Å²) in [5, 5.41) is 31.5. The van der Waals surface area contributed by atoms with E-state index in [1.807, 2.05) is 6.92 Å². The number of carbonyl (C=O) groups is 3. The number of hydrogen-bond donors (Lipinski definition) is 3. The lowest BCUT2D eigenvalue weighted by atomic mass is 9.75. The predicted molar refractivity (Wildman–Crippen MR) is 158 cm³/mol. The topological polar surface area (TPSA) is 112 Å². The summed E-state index contributed by atoms with van der Waals surface area (Å²) in [4.78, 5) is 38.6. The van der Waals surface area contributed by atoms with Crippen LogP contribution in [0.15, 0.2) is 0 Å². The Kier molecular flexibility index (Phi) is 16.1. The van der Waals surface area contributed by atoms with Crippen molar-refractivity contribution < 1.29 is 29.7 Å². The van der Waals surface area contributed by atoms with Crippen LogP contribution in [0.1, 0.15) is 166 Å². The third kappa shape index (κ3) is 9.95. The Hall–Kier alpha value is -2.37. The maximum atomic E-state index is 13.0. The average Bonchev–Trinajstić information content (AvgIpc) is 2.90. The molecule has 0 aliphatic carbocycles. The first-order valence-electron chi connectivity index (χ1n) is 15.5. The zero-order chi connectivity index (χ0) is 29.5. The summed E-state index contributed by atoms with van der Waals surface area (Å²) in [6.07, 6.45) is 12.3. The third-order valence-corrected chi connectivity index (χ3v) is 8.57. The molecule has 1 rings (SSSR count). The molecule has 0 spiro atoms. The summed E-state index contributed by atoms with van der Waals surface area (Å²) in [7, 11) is 0. The van der Waals surface area contributed by atoms with E-state index in [0.29, 0.717) is 24.0 Å². The molecule has 222 valence electrons. The van der Waals surface area contributed by atoms with Crippen LogP contribution in [0.3, 0.4) is 0 Å². The van der Waals surface area contributed by atoms with Crippen LogP contribution in [0, 0.1) is 17.8 Å². The summed E-state index contributed by atoms with van der Waals surface area (Å²) < 4.78 is 0. The summed E-state index contributed by atoms with van der Waals surface area (Å²) in [6, 6.07) is 0. The van der Waals surface area contributed by atoms with Crippen LogP contribution in [0.25, 0.3) is 0 Å². The molecule has 3 N–H and O–H groups in total. The van der Waals surface area contributed by atoms with Gasteiger partial charge >= 0.3 is 17.9 Å². The number of benzene rings is 1. The molecule has 0 aliphatic rings. The van der Waals surface area contributed by atoms with Gasteiger partial charge in [0.1, 0.15) is 0 Å². The molecule has 3 unspecified atom stereocenters. The first kappa shape index (κ1) is 34.7. The van der Waals surface area contributed by atoms with Crippen molar-refractivity contribution in [2.24, 2.45) is 17.8 Å². The van der Waals surface area contributed by atoms with E-state index in [-0.39, 0.29) is 46.4 Å². The van der Waals surface area contributed by atoms with Crippen LogP contribution in [-0.2, 0) is 19.3 Å². The van der Waals surface area contributed by atoms with E-state index in [1.165, 1.54) is 0 Å². The molecule has 0 saturated carbocycles. The van der Waals surface area contributed by atoms with Crippen LogP contribution < -0.4 is 0 Å². The second-order valence-corrected chi connectivity index (χ2v) is 11.3. The van der Waals surface area contributed by atoms with Gasteiger partial charge in [-0.25, -0.2) is 14.4 Å². The molecule has 0 amide bonds. The highest BCUT2D eigenvalue weighted by Gasteiger charge is 2.34. The third-order valence-electron chi connectivity index (χ3n) is 8.57. The normalized spacial score (nSPS) is 13.7. The molecule has 1 aromatic rings. The molecule has 0 heterocycles. The first-order valence-corrected chi connectivity index (χ1v) is 15.5. The van der Waals surface area contributed by atoms with Crippen LogP contribution in [-0.4, -0.2) is 33.2 Å². The molecule has 39 heavy (non-hydrogen) atoms. The van der Waals surface area contributed by atoms with Crippen molar-refractivity contribution in [3.63, 3.8) is 0 Å². The van der Waals surface area contributed by atoms with Gasteiger partial charge in [-0.1, -0.05) is 119 Å². The minimum Gasteiger partial charge on any atom is -0.478 e. The Morgan fingerprint density at radius 3 is 1.05 bits per heavy atom. The van der Waals surface area contributed by atoms with Gasteiger partial charge in [0.25, 0.3) is 0 Å². The molecule has 0 saturated heterocycles. The minimum absolute atomic E-state index is 0.0580. The zero-order valence-corrected chi connectivity index (χ0v) is 25.4. The van der Waals surface area contributed by atoms with Gasteiger partial charge in [0.2, 0.25) is 0 Å². The number of aromatic carboxylic acids is 3. The number of rotatable bonds is 21. The Morgan fingerprint density at radius 1 is 0.487 bits per heavy atom. The van der Waals surface area contributed by atoms with Gasteiger partial charge in [0.15, 0.2) is 0 Å². The second-order valence-electron chi connectivity index (χ2n) is 11.3. The molecule has 3 atom stereocenters. The fourth-order valence-corrected chi connectivity index (χ4v) is 5.99. The highest BCUT2D eigenvalue weighted by atomic mass is 16.4. The van der Waals surface area contributed by atoms with E-state index in [0.717, 1.165) is 77.0 Å². The van der Waals surface area contributed by atoms with E-state index in [4.69, 9.17) is 0 Å². The van der Waals surface area contributed by atoms with E-state index in [9.17, 15) is 29.7 Å². The molecule has 1 aromatic carbocycles. The fraction of sp³-hybridized carbons (Fsp3) is 0.727. The first-order chi connectivity index (χ1) is 18.6. The fourth-order valence-electron chi connectivity index (χ4n) is 5.99. The second kappa shape index (κ2) is 18.1. The number of hydrogen-bond acceptors (Lipinski definition) is 3. The van der Waals surface area contributed by atoms with Gasteiger partial charge in [0.05, 0.1) is 16.7 Å². The number of carboxylic acids is 3. The van der Waals surface area contributed by atoms with Crippen molar-refractivity contribution in [1.82, 2.24) is 0 Å². The quantitative estimate of drug-likeness (QED) is 0.142. The summed E-state index contributed by atoms with van der Waals surface area (Å²) in [5.74, 6) is -3.28. The Balaban J connectivity index is 4.13. The number of carboxylic acid groups (broad SMARTS) is 3. The van der Waals surface area contributed by atoms with Crippen molar-refractivity contribution in [3.8, 4) is 0 Å². The summed E-state index contributed by atoms with van der Waals surface area (Å²) >= 11 is 0. The average molecular weight is 547 g/mol. The summed E-state index contributed by atoms with van der Waals surface area (Å²) in [5.41, 5.74) is 0.802. The molecule has 0 bridgehead atoms. The molecule has 6 heteroatoms. The smallest absolute Gasteiger partial charge is 0.336 e.